The van der Waals surface area contributed by atoms with Gasteiger partial charge in [0, 0.05) is 50.6 Å². The van der Waals surface area contributed by atoms with Crippen LogP contribution in [0.25, 0.3) is 43.8 Å². The lowest BCUT2D eigenvalue weighted by molar-refractivity contribution is 1.28. The Morgan fingerprint density at radius 2 is 0.736 bits per heavy atom. The van der Waals surface area contributed by atoms with Gasteiger partial charge in [-0.15, -0.1) is 0 Å². The van der Waals surface area contributed by atoms with E-state index >= 15 is 0 Å². The smallest absolute Gasteiger partial charge is 0.0463 e. The molecule has 53 heavy (non-hydrogen) atoms. The molecule has 9 rings (SSSR count). The van der Waals surface area contributed by atoms with Gasteiger partial charge >= 0.3 is 0 Å². The number of nitrogens with one attached hydrogen (secondary N) is 2. The van der Waals surface area contributed by atoms with Crippen molar-refractivity contribution in [1.82, 2.24) is 0 Å². The number of hydrogen-bond acceptors (Lipinski definition) is 3. The first-order chi connectivity index (χ1) is 26.3. The summed E-state index contributed by atoms with van der Waals surface area (Å²) in [6, 6.07) is 75.3. The third kappa shape index (κ3) is 6.60. The zero-order valence-corrected chi connectivity index (χ0v) is 29.2. The van der Waals surface area contributed by atoms with Gasteiger partial charge in [-0.05, 0) is 106 Å². The van der Waals surface area contributed by atoms with Crippen LogP contribution in [0.1, 0.15) is 0 Å². The molecule has 0 aliphatic rings. The fourth-order valence-electron chi connectivity index (χ4n) is 7.22. The minimum absolute atomic E-state index is 1.04. The van der Waals surface area contributed by atoms with E-state index in [-0.39, 0.29) is 0 Å². The summed E-state index contributed by atoms with van der Waals surface area (Å²) in [6.45, 7) is 0. The van der Waals surface area contributed by atoms with Crippen molar-refractivity contribution in [2.45, 2.75) is 0 Å². The second-order valence-electron chi connectivity index (χ2n) is 13.2. The summed E-state index contributed by atoms with van der Waals surface area (Å²) < 4.78 is 0. The molecule has 0 spiro atoms. The number of fused-ring (bicyclic) bond motifs is 2. The first-order valence-electron chi connectivity index (χ1n) is 18.0. The van der Waals surface area contributed by atoms with E-state index < -0.39 is 0 Å². The standard InChI is InChI=1S/C50H37N3/c1-3-17-42(18-4-1)53(43-19-5-2-6-20-43)44-32-27-39(28-33-44)48-35-41(52-50-24-12-16-37-14-8-10-22-47(37)50)31-34-45(48)38-25-29-40(30-26-38)51-49-23-11-15-36-13-7-9-21-46(36)49/h1-35,51-52H. The van der Waals surface area contributed by atoms with Crippen molar-refractivity contribution >= 4 is 61.4 Å². The summed E-state index contributed by atoms with van der Waals surface area (Å²) in [5, 5.41) is 12.2. The lowest BCUT2D eigenvalue weighted by Gasteiger charge is -2.25. The van der Waals surface area contributed by atoms with Crippen molar-refractivity contribution < 1.29 is 0 Å². The molecular weight excluding hydrogens is 643 g/mol. The van der Waals surface area contributed by atoms with E-state index in [1.165, 1.54) is 27.1 Å². The number of rotatable bonds is 9. The minimum atomic E-state index is 1.04. The molecular formula is C50H37N3. The Bertz CT molecular complexity index is 2600. The SMILES string of the molecule is c1ccc(N(c2ccccc2)c2ccc(-c3cc(Nc4cccc5ccccc45)ccc3-c3ccc(Nc4cccc5ccccc45)cc3)cc2)cc1. The summed E-state index contributed by atoms with van der Waals surface area (Å²) in [7, 11) is 0. The van der Waals surface area contributed by atoms with Crippen molar-refractivity contribution in [2.24, 2.45) is 0 Å². The molecule has 252 valence electrons. The van der Waals surface area contributed by atoms with Gasteiger partial charge in [-0.25, -0.2) is 0 Å². The molecule has 0 saturated carbocycles. The predicted octanol–water partition coefficient (Wildman–Crippen LogP) is 14.3. The van der Waals surface area contributed by atoms with Gasteiger partial charge in [0.2, 0.25) is 0 Å². The largest absolute Gasteiger partial charge is 0.355 e. The Morgan fingerprint density at radius 3 is 1.32 bits per heavy atom. The fraction of sp³-hybridized carbons (Fsp3) is 0. The molecule has 0 heterocycles. The molecule has 2 N–H and O–H groups in total. The maximum atomic E-state index is 3.74. The van der Waals surface area contributed by atoms with Crippen molar-refractivity contribution in [3.63, 3.8) is 0 Å². The molecule has 0 atom stereocenters. The van der Waals surface area contributed by atoms with Gasteiger partial charge in [-0.2, -0.15) is 0 Å². The Kier molecular flexibility index (Phi) is 8.57. The van der Waals surface area contributed by atoms with Crippen LogP contribution in [-0.2, 0) is 0 Å². The summed E-state index contributed by atoms with van der Waals surface area (Å²) in [5.74, 6) is 0. The Labute approximate surface area is 310 Å². The molecule has 0 aliphatic carbocycles. The molecule has 0 aromatic heterocycles. The lowest BCUT2D eigenvalue weighted by atomic mass is 9.93. The Morgan fingerprint density at radius 1 is 0.302 bits per heavy atom. The molecule has 0 aliphatic heterocycles. The summed E-state index contributed by atoms with van der Waals surface area (Å²) in [6.07, 6.45) is 0. The molecule has 0 radical (unpaired) electrons. The van der Waals surface area contributed by atoms with Crippen LogP contribution >= 0.6 is 0 Å². The van der Waals surface area contributed by atoms with Crippen LogP contribution in [0.3, 0.4) is 0 Å². The molecule has 3 nitrogen and oxygen atoms in total. The van der Waals surface area contributed by atoms with E-state index in [1.807, 2.05) is 0 Å². The van der Waals surface area contributed by atoms with E-state index in [4.69, 9.17) is 0 Å². The average Bonchev–Trinajstić information content (AvgIpc) is 3.23. The average molecular weight is 680 g/mol. The molecule has 3 heteroatoms. The van der Waals surface area contributed by atoms with Crippen molar-refractivity contribution in [3.05, 3.63) is 212 Å². The van der Waals surface area contributed by atoms with Crippen LogP contribution in [0.15, 0.2) is 212 Å². The summed E-state index contributed by atoms with van der Waals surface area (Å²) >= 11 is 0. The fourth-order valence-corrected chi connectivity index (χ4v) is 7.22. The second-order valence-corrected chi connectivity index (χ2v) is 13.2. The first-order valence-corrected chi connectivity index (χ1v) is 18.0. The van der Waals surface area contributed by atoms with Crippen LogP contribution in [0.5, 0.6) is 0 Å². The summed E-state index contributed by atoms with van der Waals surface area (Å²) in [4.78, 5) is 2.30. The quantitative estimate of drug-likeness (QED) is 0.159. The lowest BCUT2D eigenvalue weighted by Crippen LogP contribution is -2.09. The number of para-hydroxylation sites is 2. The highest BCUT2D eigenvalue weighted by Crippen LogP contribution is 2.40. The zero-order valence-electron chi connectivity index (χ0n) is 29.2. The van der Waals surface area contributed by atoms with Gasteiger partial charge < -0.3 is 15.5 Å². The van der Waals surface area contributed by atoms with E-state index in [2.05, 4.69) is 228 Å². The third-order valence-electron chi connectivity index (χ3n) is 9.82. The van der Waals surface area contributed by atoms with E-state index in [1.54, 1.807) is 0 Å². The van der Waals surface area contributed by atoms with Crippen molar-refractivity contribution in [2.75, 3.05) is 15.5 Å². The van der Waals surface area contributed by atoms with Crippen LogP contribution in [0.2, 0.25) is 0 Å². The van der Waals surface area contributed by atoms with Gasteiger partial charge in [0.05, 0.1) is 0 Å². The zero-order chi connectivity index (χ0) is 35.4. The molecule has 0 unspecified atom stereocenters. The minimum Gasteiger partial charge on any atom is -0.355 e. The molecule has 0 bridgehead atoms. The van der Waals surface area contributed by atoms with Crippen LogP contribution in [-0.4, -0.2) is 0 Å². The van der Waals surface area contributed by atoms with Crippen LogP contribution in [0.4, 0.5) is 39.8 Å². The highest BCUT2D eigenvalue weighted by atomic mass is 15.1. The van der Waals surface area contributed by atoms with Crippen LogP contribution < -0.4 is 15.5 Å². The summed E-state index contributed by atoms with van der Waals surface area (Å²) in [5.41, 5.74) is 12.2. The highest BCUT2D eigenvalue weighted by Gasteiger charge is 2.15. The second kappa shape index (κ2) is 14.3. The number of nitrogens with zero attached hydrogens (tertiary/aromatic N) is 1. The third-order valence-corrected chi connectivity index (χ3v) is 9.82. The molecule has 0 saturated heterocycles. The maximum Gasteiger partial charge on any atom is 0.0463 e. The van der Waals surface area contributed by atoms with Gasteiger partial charge in [0.15, 0.2) is 0 Å². The predicted molar refractivity (Wildman–Crippen MR) is 226 cm³/mol. The molecule has 0 amide bonds. The number of hydrogen-bond donors (Lipinski definition) is 2. The van der Waals surface area contributed by atoms with E-state index in [9.17, 15) is 0 Å². The molecule has 9 aromatic carbocycles. The molecule has 9 aromatic rings. The van der Waals surface area contributed by atoms with Crippen molar-refractivity contribution in [1.29, 1.82) is 0 Å². The normalized spacial score (nSPS) is 11.0. The topological polar surface area (TPSA) is 27.3 Å². The Hall–Kier alpha value is -7.10. The molecule has 0 fully saturated rings. The van der Waals surface area contributed by atoms with Crippen molar-refractivity contribution in [3.8, 4) is 22.3 Å². The van der Waals surface area contributed by atoms with Gasteiger partial charge in [-0.3, -0.25) is 0 Å². The number of anilines is 7. The first kappa shape index (κ1) is 31.9. The Balaban J connectivity index is 1.10. The van der Waals surface area contributed by atoms with Gasteiger partial charge in [0.1, 0.15) is 0 Å². The number of benzene rings is 9. The van der Waals surface area contributed by atoms with Crippen LogP contribution in [0, 0.1) is 0 Å². The van der Waals surface area contributed by atoms with E-state index in [0.717, 1.165) is 56.5 Å². The van der Waals surface area contributed by atoms with Gasteiger partial charge in [-0.1, -0.05) is 140 Å². The highest BCUT2D eigenvalue weighted by molar-refractivity contribution is 5.97. The van der Waals surface area contributed by atoms with Gasteiger partial charge in [0.25, 0.3) is 0 Å². The maximum absolute atomic E-state index is 3.74. The van der Waals surface area contributed by atoms with E-state index in [0.29, 0.717) is 0 Å². The monoisotopic (exact) mass is 679 g/mol.